The molecule has 3 aromatic rings. The van der Waals surface area contributed by atoms with Crippen molar-refractivity contribution < 1.29 is 22.0 Å². The Morgan fingerprint density at radius 1 is 0.867 bits per heavy atom. The quantitative estimate of drug-likeness (QED) is 0.602. The van der Waals surface area contributed by atoms with Crippen LogP contribution in [0.4, 0.5) is 20.2 Å². The fraction of sp³-hybridized carbons (Fsp3) is 0.136. The van der Waals surface area contributed by atoms with Crippen LogP contribution in [0.3, 0.4) is 0 Å². The third-order valence-electron chi connectivity index (χ3n) is 4.58. The lowest BCUT2D eigenvalue weighted by Gasteiger charge is -2.14. The van der Waals surface area contributed by atoms with Gasteiger partial charge >= 0.3 is 0 Å². The van der Waals surface area contributed by atoms with Crippen molar-refractivity contribution in [2.24, 2.45) is 0 Å². The molecular weight excluding hydrogens is 410 g/mol. The Bertz CT molecular complexity index is 1220. The van der Waals surface area contributed by atoms with Gasteiger partial charge in [0.15, 0.2) is 0 Å². The van der Waals surface area contributed by atoms with Crippen molar-refractivity contribution in [3.63, 3.8) is 0 Å². The summed E-state index contributed by atoms with van der Waals surface area (Å²) in [4.78, 5) is 12.4. The third kappa shape index (κ3) is 4.49. The van der Waals surface area contributed by atoms with Gasteiger partial charge in [0.1, 0.15) is 17.3 Å². The number of rotatable bonds is 5. The van der Waals surface area contributed by atoms with E-state index in [2.05, 4.69) is 10.0 Å². The smallest absolute Gasteiger partial charge is 0.262 e. The van der Waals surface area contributed by atoms with Crippen molar-refractivity contribution in [2.75, 3.05) is 10.0 Å². The first kappa shape index (κ1) is 21.4. The summed E-state index contributed by atoms with van der Waals surface area (Å²) in [7, 11) is -4.01. The number of amides is 1. The van der Waals surface area contributed by atoms with Crippen LogP contribution in [0.2, 0.25) is 0 Å². The summed E-state index contributed by atoms with van der Waals surface area (Å²) in [6, 6.07) is 12.6. The SMILES string of the molecule is Cc1ccc(C)c(NS(=O)(=O)c2cc(C(=O)Nc3c(F)cccc3F)ccc2C)c1. The second-order valence-corrected chi connectivity index (χ2v) is 8.61. The molecule has 0 heterocycles. The number of hydrogen-bond donors (Lipinski definition) is 2. The Morgan fingerprint density at radius 2 is 1.50 bits per heavy atom. The molecule has 3 rings (SSSR count). The van der Waals surface area contributed by atoms with Crippen molar-refractivity contribution in [1.82, 2.24) is 0 Å². The van der Waals surface area contributed by atoms with Crippen molar-refractivity contribution in [3.05, 3.63) is 88.5 Å². The molecule has 0 aliphatic carbocycles. The molecule has 156 valence electrons. The highest BCUT2D eigenvalue weighted by Gasteiger charge is 2.21. The number of nitrogens with one attached hydrogen (secondary N) is 2. The van der Waals surface area contributed by atoms with E-state index in [9.17, 15) is 22.0 Å². The first-order valence-electron chi connectivity index (χ1n) is 9.04. The molecule has 5 nitrogen and oxygen atoms in total. The fourth-order valence-corrected chi connectivity index (χ4v) is 4.27. The van der Waals surface area contributed by atoms with Gasteiger partial charge < -0.3 is 5.32 Å². The molecule has 0 saturated heterocycles. The summed E-state index contributed by atoms with van der Waals surface area (Å²) in [5.74, 6) is -2.69. The molecular formula is C22H20F2N2O3S. The summed E-state index contributed by atoms with van der Waals surface area (Å²) in [6.07, 6.45) is 0. The van der Waals surface area contributed by atoms with Crippen LogP contribution in [-0.2, 0) is 10.0 Å². The van der Waals surface area contributed by atoms with Crippen molar-refractivity contribution in [3.8, 4) is 0 Å². The van der Waals surface area contributed by atoms with Gasteiger partial charge in [-0.25, -0.2) is 17.2 Å². The average Bonchev–Trinajstić information content (AvgIpc) is 2.67. The Hall–Kier alpha value is -3.26. The molecule has 0 fully saturated rings. The number of carbonyl (C=O) groups is 1. The van der Waals surface area contributed by atoms with Gasteiger partial charge in [0.25, 0.3) is 15.9 Å². The molecule has 8 heteroatoms. The highest BCUT2D eigenvalue weighted by molar-refractivity contribution is 7.92. The molecule has 0 aliphatic rings. The van der Waals surface area contributed by atoms with E-state index in [-0.39, 0.29) is 10.5 Å². The molecule has 0 spiro atoms. The Balaban J connectivity index is 1.94. The second-order valence-electron chi connectivity index (χ2n) is 6.95. The maximum atomic E-state index is 13.8. The zero-order valence-electron chi connectivity index (χ0n) is 16.6. The van der Waals surface area contributed by atoms with Crippen molar-refractivity contribution >= 4 is 27.3 Å². The Labute approximate surface area is 173 Å². The first-order valence-corrected chi connectivity index (χ1v) is 10.5. The molecule has 0 aliphatic heterocycles. The summed E-state index contributed by atoms with van der Waals surface area (Å²) < 4.78 is 56.1. The van der Waals surface area contributed by atoms with E-state index < -0.39 is 33.3 Å². The van der Waals surface area contributed by atoms with E-state index in [1.54, 1.807) is 26.0 Å². The Morgan fingerprint density at radius 3 is 2.17 bits per heavy atom. The fourth-order valence-electron chi connectivity index (χ4n) is 2.88. The summed E-state index contributed by atoms with van der Waals surface area (Å²) in [6.45, 7) is 5.21. The molecule has 0 atom stereocenters. The minimum atomic E-state index is -4.01. The molecule has 0 radical (unpaired) electrons. The lowest BCUT2D eigenvalue weighted by molar-refractivity contribution is 0.102. The number of sulfonamides is 1. The third-order valence-corrected chi connectivity index (χ3v) is 6.09. The highest BCUT2D eigenvalue weighted by Crippen LogP contribution is 2.25. The number of para-hydroxylation sites is 1. The molecule has 3 aromatic carbocycles. The van der Waals surface area contributed by atoms with Crippen LogP contribution >= 0.6 is 0 Å². The van der Waals surface area contributed by atoms with Crippen LogP contribution in [0.5, 0.6) is 0 Å². The monoisotopic (exact) mass is 430 g/mol. The molecule has 2 N–H and O–H groups in total. The molecule has 0 bridgehead atoms. The van der Waals surface area contributed by atoms with E-state index in [0.717, 1.165) is 23.3 Å². The topological polar surface area (TPSA) is 75.3 Å². The number of aryl methyl sites for hydroxylation is 3. The van der Waals surface area contributed by atoms with Gasteiger partial charge in [0.2, 0.25) is 0 Å². The largest absolute Gasteiger partial charge is 0.317 e. The van der Waals surface area contributed by atoms with Crippen LogP contribution in [0.15, 0.2) is 59.5 Å². The van der Waals surface area contributed by atoms with Gasteiger partial charge in [-0.3, -0.25) is 9.52 Å². The van der Waals surface area contributed by atoms with E-state index in [4.69, 9.17) is 0 Å². The maximum absolute atomic E-state index is 13.8. The van der Waals surface area contributed by atoms with Crippen molar-refractivity contribution in [1.29, 1.82) is 0 Å². The standard InChI is InChI=1S/C22H20F2N2O3S/c1-13-7-8-14(2)19(11-13)26-30(28,29)20-12-16(10-9-15(20)3)22(27)25-21-17(23)5-4-6-18(21)24/h4-12,26H,1-3H3,(H,25,27). The first-order chi connectivity index (χ1) is 14.1. The molecule has 0 aromatic heterocycles. The van der Waals surface area contributed by atoms with Gasteiger partial charge in [-0.05, 0) is 67.8 Å². The summed E-state index contributed by atoms with van der Waals surface area (Å²) >= 11 is 0. The molecule has 0 unspecified atom stereocenters. The zero-order valence-corrected chi connectivity index (χ0v) is 17.4. The number of anilines is 2. The van der Waals surface area contributed by atoms with Gasteiger partial charge in [-0.15, -0.1) is 0 Å². The normalized spacial score (nSPS) is 11.2. The number of carbonyl (C=O) groups excluding carboxylic acids is 1. The number of benzene rings is 3. The van der Waals surface area contributed by atoms with E-state index in [0.29, 0.717) is 11.3 Å². The van der Waals surface area contributed by atoms with E-state index in [1.807, 2.05) is 13.0 Å². The van der Waals surface area contributed by atoms with Crippen LogP contribution in [0.1, 0.15) is 27.0 Å². The highest BCUT2D eigenvalue weighted by atomic mass is 32.2. The van der Waals surface area contributed by atoms with Crippen LogP contribution < -0.4 is 10.0 Å². The van der Waals surface area contributed by atoms with E-state index >= 15 is 0 Å². The van der Waals surface area contributed by atoms with Gasteiger partial charge in [0.05, 0.1) is 10.6 Å². The maximum Gasteiger partial charge on any atom is 0.262 e. The van der Waals surface area contributed by atoms with Crippen molar-refractivity contribution in [2.45, 2.75) is 25.7 Å². The van der Waals surface area contributed by atoms with E-state index in [1.165, 1.54) is 24.3 Å². The summed E-state index contributed by atoms with van der Waals surface area (Å²) in [5, 5.41) is 2.16. The van der Waals surface area contributed by atoms with Gasteiger partial charge in [-0.2, -0.15) is 0 Å². The minimum absolute atomic E-state index is 0.0513. The minimum Gasteiger partial charge on any atom is -0.317 e. The van der Waals surface area contributed by atoms with Gasteiger partial charge in [-0.1, -0.05) is 24.3 Å². The Kier molecular flexibility index (Phi) is 5.89. The van der Waals surface area contributed by atoms with Crippen LogP contribution in [0, 0.1) is 32.4 Å². The number of hydrogen-bond acceptors (Lipinski definition) is 3. The number of halogens is 2. The average molecular weight is 430 g/mol. The zero-order chi connectivity index (χ0) is 22.1. The summed E-state index contributed by atoms with van der Waals surface area (Å²) in [5.41, 5.74) is 1.82. The van der Waals surface area contributed by atoms with Crippen LogP contribution in [-0.4, -0.2) is 14.3 Å². The predicted molar refractivity (Wildman–Crippen MR) is 112 cm³/mol. The second kappa shape index (κ2) is 8.23. The molecule has 1 amide bonds. The lowest BCUT2D eigenvalue weighted by Crippen LogP contribution is -2.18. The molecule has 0 saturated carbocycles. The molecule has 30 heavy (non-hydrogen) atoms. The predicted octanol–water partition coefficient (Wildman–Crippen LogP) is 4.94. The van der Waals surface area contributed by atoms with Crippen LogP contribution in [0.25, 0.3) is 0 Å². The van der Waals surface area contributed by atoms with Gasteiger partial charge in [0, 0.05) is 5.56 Å². The lowest BCUT2D eigenvalue weighted by atomic mass is 10.1.